The van der Waals surface area contributed by atoms with Gasteiger partial charge in [0.2, 0.25) is 0 Å². The molecule has 7 nitrogen and oxygen atoms in total. The van der Waals surface area contributed by atoms with E-state index in [1.165, 1.54) is 5.56 Å². The summed E-state index contributed by atoms with van der Waals surface area (Å²) in [5.74, 6) is 1.58. The van der Waals surface area contributed by atoms with Crippen LogP contribution >= 0.6 is 0 Å². The predicted octanol–water partition coefficient (Wildman–Crippen LogP) is 4.44. The van der Waals surface area contributed by atoms with Crippen LogP contribution in [0.2, 0.25) is 0 Å². The molecular formula is C26H31N3O4. The second kappa shape index (κ2) is 9.27. The Hall–Kier alpha value is -3.32. The van der Waals surface area contributed by atoms with Crippen molar-refractivity contribution in [2.75, 3.05) is 33.9 Å². The number of hydrogen-bond acceptors (Lipinski definition) is 6. The summed E-state index contributed by atoms with van der Waals surface area (Å²) < 4.78 is 16.6. The van der Waals surface area contributed by atoms with Crippen LogP contribution in [0, 0.1) is 0 Å². The molecular weight excluding hydrogens is 418 g/mol. The lowest BCUT2D eigenvalue weighted by molar-refractivity contribution is 0.0933. The molecule has 1 amide bonds. The Labute approximate surface area is 194 Å². The van der Waals surface area contributed by atoms with Crippen molar-refractivity contribution < 1.29 is 18.8 Å². The lowest BCUT2D eigenvalue weighted by atomic mass is 9.86. The van der Waals surface area contributed by atoms with E-state index < -0.39 is 0 Å². The highest BCUT2D eigenvalue weighted by molar-refractivity contribution is 5.93. The Morgan fingerprint density at radius 1 is 1.03 bits per heavy atom. The normalized spacial score (nSPS) is 14.2. The quantitative estimate of drug-likeness (QED) is 0.599. The van der Waals surface area contributed by atoms with Crippen LogP contribution in [-0.4, -0.2) is 49.8 Å². The van der Waals surface area contributed by atoms with Crippen LogP contribution in [0.4, 0.5) is 0 Å². The summed E-state index contributed by atoms with van der Waals surface area (Å²) in [6.07, 6.45) is 0. The Kier molecular flexibility index (Phi) is 6.42. The lowest BCUT2D eigenvalue weighted by Crippen LogP contribution is -2.34. The summed E-state index contributed by atoms with van der Waals surface area (Å²) in [6, 6.07) is 15.8. The van der Waals surface area contributed by atoms with Gasteiger partial charge < -0.3 is 24.2 Å². The molecule has 3 aromatic rings. The highest BCUT2D eigenvalue weighted by atomic mass is 16.6. The maximum absolute atomic E-state index is 12.8. The number of nitrogens with one attached hydrogen (secondary N) is 1. The van der Waals surface area contributed by atoms with E-state index in [1.54, 1.807) is 6.07 Å². The number of hydrogen-bond donors (Lipinski definition) is 1. The third kappa shape index (κ3) is 5.20. The Bertz CT molecular complexity index is 1110. The van der Waals surface area contributed by atoms with E-state index in [1.807, 2.05) is 32.3 Å². The molecule has 0 spiro atoms. The molecule has 1 atom stereocenters. The van der Waals surface area contributed by atoms with Gasteiger partial charge in [-0.05, 0) is 48.8 Å². The molecule has 1 unspecified atom stereocenters. The third-order valence-electron chi connectivity index (χ3n) is 5.81. The fraction of sp³-hybridized carbons (Fsp3) is 0.385. The summed E-state index contributed by atoms with van der Waals surface area (Å²) in [5, 5.41) is 6.96. The first-order valence-electron chi connectivity index (χ1n) is 11.1. The molecule has 0 radical (unpaired) electrons. The average molecular weight is 450 g/mol. The maximum Gasteiger partial charge on any atom is 0.273 e. The van der Waals surface area contributed by atoms with Crippen molar-refractivity contribution in [3.8, 4) is 22.8 Å². The maximum atomic E-state index is 12.8. The van der Waals surface area contributed by atoms with E-state index in [0.717, 1.165) is 11.1 Å². The van der Waals surface area contributed by atoms with Gasteiger partial charge in [-0.3, -0.25) is 4.79 Å². The summed E-state index contributed by atoms with van der Waals surface area (Å²) >= 11 is 0. The van der Waals surface area contributed by atoms with Crippen molar-refractivity contribution in [2.24, 2.45) is 0 Å². The van der Waals surface area contributed by atoms with Gasteiger partial charge in [0, 0.05) is 18.2 Å². The third-order valence-corrected chi connectivity index (χ3v) is 5.81. The zero-order valence-electron chi connectivity index (χ0n) is 19.8. The van der Waals surface area contributed by atoms with Crippen molar-refractivity contribution in [2.45, 2.75) is 32.2 Å². The van der Waals surface area contributed by atoms with Gasteiger partial charge in [-0.15, -0.1) is 0 Å². The van der Waals surface area contributed by atoms with Gasteiger partial charge in [-0.2, -0.15) is 0 Å². The van der Waals surface area contributed by atoms with Gasteiger partial charge in [-0.1, -0.05) is 50.2 Å². The first-order chi connectivity index (χ1) is 15.7. The second-order valence-electron chi connectivity index (χ2n) is 9.50. The van der Waals surface area contributed by atoms with Crippen LogP contribution in [0.3, 0.4) is 0 Å². The number of amides is 1. The molecule has 2 heterocycles. The van der Waals surface area contributed by atoms with Crippen LogP contribution in [-0.2, 0) is 5.41 Å². The topological polar surface area (TPSA) is 76.8 Å². The summed E-state index contributed by atoms with van der Waals surface area (Å²) in [6.45, 7) is 8.08. The van der Waals surface area contributed by atoms with E-state index in [-0.39, 0.29) is 23.1 Å². The van der Waals surface area contributed by atoms with E-state index in [0.29, 0.717) is 37.0 Å². The Morgan fingerprint density at radius 3 is 2.39 bits per heavy atom. The molecule has 33 heavy (non-hydrogen) atoms. The molecule has 1 aromatic heterocycles. The standard InChI is InChI=1S/C26H31N3O4/c1-26(2,3)19-9-6-17(7-10-19)21(29(4)5)16-27-25(30)20-15-23(33-28-20)18-8-11-22-24(14-18)32-13-12-31-22/h6-11,14-15,21H,12-13,16H2,1-5H3,(H,27,30). The van der Waals surface area contributed by atoms with Crippen molar-refractivity contribution in [1.29, 1.82) is 0 Å². The number of fused-ring (bicyclic) bond motifs is 1. The minimum atomic E-state index is -0.277. The molecule has 0 saturated carbocycles. The molecule has 4 rings (SSSR count). The molecule has 174 valence electrons. The Balaban J connectivity index is 1.43. The van der Waals surface area contributed by atoms with Gasteiger partial charge in [0.1, 0.15) is 13.2 Å². The van der Waals surface area contributed by atoms with Gasteiger partial charge >= 0.3 is 0 Å². The molecule has 0 aliphatic carbocycles. The smallest absolute Gasteiger partial charge is 0.273 e. The van der Waals surface area contributed by atoms with Crippen LogP contribution in [0.5, 0.6) is 11.5 Å². The number of benzene rings is 2. The minimum Gasteiger partial charge on any atom is -0.486 e. The monoisotopic (exact) mass is 449 g/mol. The van der Waals surface area contributed by atoms with Gasteiger partial charge in [0.15, 0.2) is 23.0 Å². The van der Waals surface area contributed by atoms with Crippen LogP contribution in [0.25, 0.3) is 11.3 Å². The summed E-state index contributed by atoms with van der Waals surface area (Å²) in [5.41, 5.74) is 3.53. The molecule has 2 aromatic carbocycles. The fourth-order valence-electron chi connectivity index (χ4n) is 3.80. The molecule has 0 fully saturated rings. The Morgan fingerprint density at radius 2 is 1.73 bits per heavy atom. The van der Waals surface area contributed by atoms with E-state index in [2.05, 4.69) is 60.4 Å². The van der Waals surface area contributed by atoms with Crippen molar-refractivity contribution >= 4 is 5.91 Å². The van der Waals surface area contributed by atoms with Crippen molar-refractivity contribution in [3.63, 3.8) is 0 Å². The summed E-state index contributed by atoms with van der Waals surface area (Å²) in [7, 11) is 4.01. The number of rotatable bonds is 6. The number of carbonyl (C=O) groups is 1. The molecule has 7 heteroatoms. The molecule has 1 N–H and O–H groups in total. The number of ether oxygens (including phenoxy) is 2. The van der Waals surface area contributed by atoms with Gasteiger partial charge in [0.25, 0.3) is 5.91 Å². The van der Waals surface area contributed by atoms with E-state index in [9.17, 15) is 4.79 Å². The van der Waals surface area contributed by atoms with Gasteiger partial charge in [0.05, 0.1) is 6.04 Å². The molecule has 0 bridgehead atoms. The first kappa shape index (κ1) is 22.9. The fourth-order valence-corrected chi connectivity index (χ4v) is 3.80. The van der Waals surface area contributed by atoms with Crippen LogP contribution in [0.1, 0.15) is 48.4 Å². The highest BCUT2D eigenvalue weighted by Gasteiger charge is 2.21. The minimum absolute atomic E-state index is 0.0344. The highest BCUT2D eigenvalue weighted by Crippen LogP contribution is 2.34. The zero-order valence-corrected chi connectivity index (χ0v) is 19.8. The van der Waals surface area contributed by atoms with E-state index >= 15 is 0 Å². The number of aromatic nitrogens is 1. The number of nitrogens with zero attached hydrogens (tertiary/aromatic N) is 2. The largest absolute Gasteiger partial charge is 0.486 e. The lowest BCUT2D eigenvalue weighted by Gasteiger charge is -2.26. The first-order valence-corrected chi connectivity index (χ1v) is 11.1. The predicted molar refractivity (Wildman–Crippen MR) is 127 cm³/mol. The number of carbonyl (C=O) groups excluding carboxylic acids is 1. The van der Waals surface area contributed by atoms with E-state index in [4.69, 9.17) is 14.0 Å². The van der Waals surface area contributed by atoms with Crippen molar-refractivity contribution in [3.05, 3.63) is 65.4 Å². The van der Waals surface area contributed by atoms with Crippen LogP contribution < -0.4 is 14.8 Å². The number of likely N-dealkylation sites (N-methyl/N-ethyl adjacent to an activating group) is 1. The molecule has 0 saturated heterocycles. The zero-order chi connectivity index (χ0) is 23.6. The summed E-state index contributed by atoms with van der Waals surface area (Å²) in [4.78, 5) is 14.9. The second-order valence-corrected chi connectivity index (χ2v) is 9.50. The molecule has 1 aliphatic heterocycles. The van der Waals surface area contributed by atoms with Gasteiger partial charge in [-0.25, -0.2) is 0 Å². The van der Waals surface area contributed by atoms with Crippen LogP contribution in [0.15, 0.2) is 53.1 Å². The molecule has 1 aliphatic rings. The average Bonchev–Trinajstić information content (AvgIpc) is 3.29. The SMILES string of the molecule is CN(C)C(CNC(=O)c1cc(-c2ccc3c(c2)OCCO3)on1)c1ccc(C(C)(C)C)cc1. The van der Waals surface area contributed by atoms with Crippen molar-refractivity contribution in [1.82, 2.24) is 15.4 Å².